The third-order valence-corrected chi connectivity index (χ3v) is 6.84. The van der Waals surface area contributed by atoms with Crippen LogP contribution >= 0.6 is 11.6 Å². The van der Waals surface area contributed by atoms with Gasteiger partial charge in [0, 0.05) is 13.1 Å². The van der Waals surface area contributed by atoms with Crippen molar-refractivity contribution in [3.8, 4) is 0 Å². The summed E-state index contributed by atoms with van der Waals surface area (Å²) in [6.45, 7) is 4.80. The zero-order valence-electron chi connectivity index (χ0n) is 20.4. The standard InChI is InChI=1S/C24H29ClF3N3O4S/c1-5-11-29-23(33)17(3)30(14-18-8-6-7-16(2)12-18)22(32)15-31(36(4,34)35)19-9-10-21(25)20(13-19)24(26,27)28/h6-10,12-13,17H,5,11,14-15H2,1-4H3,(H,29,33)/t17-/m0/s1. The van der Waals surface area contributed by atoms with Crippen LogP contribution in [0.3, 0.4) is 0 Å². The number of nitrogens with one attached hydrogen (secondary N) is 1. The van der Waals surface area contributed by atoms with Crippen LogP contribution in [0.4, 0.5) is 18.9 Å². The lowest BCUT2D eigenvalue weighted by atomic mass is 10.1. The lowest BCUT2D eigenvalue weighted by Gasteiger charge is -2.31. The fourth-order valence-electron chi connectivity index (χ4n) is 3.49. The first-order chi connectivity index (χ1) is 16.6. The highest BCUT2D eigenvalue weighted by Gasteiger charge is 2.35. The van der Waals surface area contributed by atoms with Gasteiger partial charge in [-0.2, -0.15) is 13.2 Å². The number of carbonyl (C=O) groups excluding carboxylic acids is 2. The first-order valence-corrected chi connectivity index (χ1v) is 13.3. The maximum Gasteiger partial charge on any atom is 0.417 e. The number of benzene rings is 2. The maximum absolute atomic E-state index is 13.4. The van der Waals surface area contributed by atoms with Crippen LogP contribution in [0.2, 0.25) is 5.02 Å². The molecule has 0 saturated heterocycles. The molecule has 0 saturated carbocycles. The Labute approximate surface area is 214 Å². The molecule has 7 nitrogen and oxygen atoms in total. The van der Waals surface area contributed by atoms with Crippen LogP contribution in [-0.4, -0.2) is 50.5 Å². The van der Waals surface area contributed by atoms with Gasteiger partial charge in [0.1, 0.15) is 12.6 Å². The van der Waals surface area contributed by atoms with Gasteiger partial charge in [0.15, 0.2) is 0 Å². The van der Waals surface area contributed by atoms with E-state index in [1.165, 1.54) is 11.8 Å². The number of halogens is 4. The van der Waals surface area contributed by atoms with Crippen molar-refractivity contribution in [1.82, 2.24) is 10.2 Å². The molecule has 0 unspecified atom stereocenters. The highest BCUT2D eigenvalue weighted by molar-refractivity contribution is 7.92. The Morgan fingerprint density at radius 1 is 1.14 bits per heavy atom. The Morgan fingerprint density at radius 3 is 2.36 bits per heavy atom. The molecule has 0 aliphatic rings. The second-order valence-electron chi connectivity index (χ2n) is 8.41. The van der Waals surface area contributed by atoms with Gasteiger partial charge in [0.25, 0.3) is 0 Å². The molecular weight excluding hydrogens is 519 g/mol. The van der Waals surface area contributed by atoms with Gasteiger partial charge in [-0.3, -0.25) is 13.9 Å². The predicted octanol–water partition coefficient (Wildman–Crippen LogP) is 4.38. The Balaban J connectivity index is 2.46. The summed E-state index contributed by atoms with van der Waals surface area (Å²) in [6.07, 6.45) is -3.38. The van der Waals surface area contributed by atoms with E-state index in [2.05, 4.69) is 5.32 Å². The van der Waals surface area contributed by atoms with Gasteiger partial charge < -0.3 is 10.2 Å². The number of hydrogen-bond acceptors (Lipinski definition) is 4. The van der Waals surface area contributed by atoms with Crippen molar-refractivity contribution >= 4 is 39.1 Å². The number of nitrogens with zero attached hydrogens (tertiary/aromatic N) is 2. The summed E-state index contributed by atoms with van der Waals surface area (Å²) in [5.41, 5.74) is 0.0182. The molecule has 0 spiro atoms. The second kappa shape index (κ2) is 12.0. The van der Waals surface area contributed by atoms with Gasteiger partial charge in [-0.15, -0.1) is 0 Å². The van der Waals surface area contributed by atoms with E-state index in [0.29, 0.717) is 28.9 Å². The predicted molar refractivity (Wildman–Crippen MR) is 133 cm³/mol. The highest BCUT2D eigenvalue weighted by Crippen LogP contribution is 2.37. The van der Waals surface area contributed by atoms with Crippen molar-refractivity contribution in [2.24, 2.45) is 0 Å². The third-order valence-electron chi connectivity index (χ3n) is 5.37. The van der Waals surface area contributed by atoms with E-state index < -0.39 is 51.2 Å². The average Bonchev–Trinajstić information content (AvgIpc) is 2.78. The number of sulfonamides is 1. The molecule has 0 aromatic heterocycles. The van der Waals surface area contributed by atoms with E-state index in [4.69, 9.17) is 11.6 Å². The number of anilines is 1. The molecule has 1 atom stereocenters. The number of aryl methyl sites for hydroxylation is 1. The normalized spacial score (nSPS) is 12.7. The van der Waals surface area contributed by atoms with Crippen LogP contribution in [0.25, 0.3) is 0 Å². The topological polar surface area (TPSA) is 86.8 Å². The van der Waals surface area contributed by atoms with Gasteiger partial charge >= 0.3 is 6.18 Å². The van der Waals surface area contributed by atoms with E-state index in [-0.39, 0.29) is 12.2 Å². The van der Waals surface area contributed by atoms with Crippen molar-refractivity contribution < 1.29 is 31.2 Å². The van der Waals surface area contributed by atoms with Gasteiger partial charge in [0.05, 0.1) is 22.5 Å². The molecule has 2 rings (SSSR count). The molecule has 0 heterocycles. The molecule has 2 aromatic carbocycles. The zero-order valence-corrected chi connectivity index (χ0v) is 22.0. The van der Waals surface area contributed by atoms with E-state index in [1.807, 2.05) is 26.0 Å². The molecule has 1 N–H and O–H groups in total. The van der Waals surface area contributed by atoms with Crippen molar-refractivity contribution in [2.45, 2.75) is 46.0 Å². The summed E-state index contributed by atoms with van der Waals surface area (Å²) in [6, 6.07) is 8.84. The molecule has 0 fully saturated rings. The number of rotatable bonds is 10. The summed E-state index contributed by atoms with van der Waals surface area (Å²) in [5.74, 6) is -1.20. The van der Waals surface area contributed by atoms with Crippen LogP contribution in [0.1, 0.15) is 37.0 Å². The first kappa shape index (κ1) is 29.4. The fourth-order valence-corrected chi connectivity index (χ4v) is 4.55. The van der Waals surface area contributed by atoms with E-state index >= 15 is 0 Å². The van der Waals surface area contributed by atoms with Crippen LogP contribution in [-0.2, 0) is 32.3 Å². The molecule has 0 radical (unpaired) electrons. The molecule has 2 amide bonds. The minimum atomic E-state index is -4.83. The number of carbonyl (C=O) groups is 2. The molecule has 0 bridgehead atoms. The summed E-state index contributed by atoms with van der Waals surface area (Å²) < 4.78 is 65.8. The summed E-state index contributed by atoms with van der Waals surface area (Å²) >= 11 is 5.67. The average molecular weight is 548 g/mol. The largest absolute Gasteiger partial charge is 0.417 e. The lowest BCUT2D eigenvalue weighted by Crippen LogP contribution is -2.51. The Morgan fingerprint density at radius 2 is 1.81 bits per heavy atom. The first-order valence-electron chi connectivity index (χ1n) is 11.1. The van der Waals surface area contributed by atoms with E-state index in [9.17, 15) is 31.2 Å². The second-order valence-corrected chi connectivity index (χ2v) is 10.7. The molecular formula is C24H29ClF3N3O4S. The van der Waals surface area contributed by atoms with Crippen molar-refractivity contribution in [3.63, 3.8) is 0 Å². The minimum absolute atomic E-state index is 0.00670. The molecule has 0 aliphatic carbocycles. The minimum Gasteiger partial charge on any atom is -0.354 e. The van der Waals surface area contributed by atoms with Gasteiger partial charge in [0.2, 0.25) is 21.8 Å². The quantitative estimate of drug-likeness (QED) is 0.478. The van der Waals surface area contributed by atoms with Crippen LogP contribution in [0.5, 0.6) is 0 Å². The Hall–Kier alpha value is -2.79. The van der Waals surface area contributed by atoms with Crippen LogP contribution in [0.15, 0.2) is 42.5 Å². The Kier molecular flexibility index (Phi) is 9.78. The highest BCUT2D eigenvalue weighted by atomic mass is 35.5. The van der Waals surface area contributed by atoms with Gasteiger partial charge in [-0.25, -0.2) is 8.42 Å². The summed E-state index contributed by atoms with van der Waals surface area (Å²) in [7, 11) is -4.19. The molecule has 12 heteroatoms. The van der Waals surface area contributed by atoms with Crippen LogP contribution < -0.4 is 9.62 Å². The third kappa shape index (κ3) is 7.86. The van der Waals surface area contributed by atoms with E-state index in [0.717, 1.165) is 24.0 Å². The zero-order chi connectivity index (χ0) is 27.3. The smallest absolute Gasteiger partial charge is 0.354 e. The fraction of sp³-hybridized carbons (Fsp3) is 0.417. The van der Waals surface area contributed by atoms with Crippen molar-refractivity contribution in [2.75, 3.05) is 23.7 Å². The van der Waals surface area contributed by atoms with E-state index in [1.54, 1.807) is 12.1 Å². The molecule has 36 heavy (non-hydrogen) atoms. The summed E-state index contributed by atoms with van der Waals surface area (Å²) in [4.78, 5) is 27.3. The molecule has 0 aliphatic heterocycles. The van der Waals surface area contributed by atoms with Crippen LogP contribution in [0, 0.1) is 6.92 Å². The maximum atomic E-state index is 13.4. The molecule has 198 valence electrons. The van der Waals surface area contributed by atoms with Gasteiger partial charge in [-0.1, -0.05) is 48.4 Å². The van der Waals surface area contributed by atoms with Crippen molar-refractivity contribution in [1.29, 1.82) is 0 Å². The van der Waals surface area contributed by atoms with Gasteiger partial charge in [-0.05, 0) is 44.0 Å². The molecule has 2 aromatic rings. The SMILES string of the molecule is CCCNC(=O)[C@H](C)N(Cc1cccc(C)c1)C(=O)CN(c1ccc(Cl)c(C(F)(F)F)c1)S(C)(=O)=O. The number of hydrogen-bond donors (Lipinski definition) is 1. The number of amides is 2. The van der Waals surface area contributed by atoms with Crippen molar-refractivity contribution in [3.05, 3.63) is 64.2 Å². The Bertz CT molecular complexity index is 1210. The summed E-state index contributed by atoms with van der Waals surface area (Å²) in [5, 5.41) is 2.10. The number of alkyl halides is 3. The lowest BCUT2D eigenvalue weighted by molar-refractivity contribution is -0.139. The monoisotopic (exact) mass is 547 g/mol.